The van der Waals surface area contributed by atoms with E-state index in [4.69, 9.17) is 17.0 Å². The van der Waals surface area contributed by atoms with Gasteiger partial charge < -0.3 is 17.0 Å². The SMILES string of the molecule is [S-]c1nc2ccccc2o1. The zero-order valence-corrected chi connectivity index (χ0v) is 5.89. The van der Waals surface area contributed by atoms with Crippen molar-refractivity contribution in [3.05, 3.63) is 24.3 Å². The van der Waals surface area contributed by atoms with Gasteiger partial charge in [-0.3, -0.25) is 0 Å². The van der Waals surface area contributed by atoms with Crippen LogP contribution in [-0.2, 0) is 12.6 Å². The molecule has 2 nitrogen and oxygen atoms in total. The first-order chi connectivity index (χ1) is 4.86. The molecule has 0 aliphatic rings. The molecular weight excluding hydrogens is 146 g/mol. The number of fused-ring (bicyclic) bond motifs is 1. The normalized spacial score (nSPS) is 10.4. The topological polar surface area (TPSA) is 26.0 Å². The average molecular weight is 150 g/mol. The van der Waals surface area contributed by atoms with Gasteiger partial charge in [0.05, 0.1) is 5.22 Å². The standard InChI is InChI=1S/C7H5NOS/c10-7-8-5-3-1-2-4-6(5)9-7/h1-4H,(H,8,10)/p-1. The molecule has 3 heteroatoms. The van der Waals surface area contributed by atoms with E-state index in [2.05, 4.69) is 4.98 Å². The van der Waals surface area contributed by atoms with Crippen molar-refractivity contribution in [3.63, 3.8) is 0 Å². The summed E-state index contributed by atoms with van der Waals surface area (Å²) in [6.07, 6.45) is 0. The molecule has 0 unspecified atom stereocenters. The van der Waals surface area contributed by atoms with Crippen LogP contribution in [0.4, 0.5) is 0 Å². The van der Waals surface area contributed by atoms with Crippen molar-refractivity contribution in [3.8, 4) is 0 Å². The Balaban J connectivity index is 2.88. The Labute approximate surface area is 63.3 Å². The first-order valence-corrected chi connectivity index (χ1v) is 3.30. The first kappa shape index (κ1) is 5.68. The van der Waals surface area contributed by atoms with Gasteiger partial charge in [-0.25, -0.2) is 4.98 Å². The van der Waals surface area contributed by atoms with Crippen LogP contribution >= 0.6 is 0 Å². The van der Waals surface area contributed by atoms with Gasteiger partial charge in [0.15, 0.2) is 5.58 Å². The summed E-state index contributed by atoms with van der Waals surface area (Å²) in [6, 6.07) is 7.51. The number of benzene rings is 1. The maximum absolute atomic E-state index is 5.07. The van der Waals surface area contributed by atoms with E-state index in [0.29, 0.717) is 5.22 Å². The molecule has 0 spiro atoms. The van der Waals surface area contributed by atoms with E-state index in [9.17, 15) is 0 Å². The van der Waals surface area contributed by atoms with Gasteiger partial charge in [0.25, 0.3) is 0 Å². The lowest BCUT2D eigenvalue weighted by atomic mass is 10.3. The number of hydrogen-bond acceptors (Lipinski definition) is 3. The number of nitrogens with zero attached hydrogens (tertiary/aromatic N) is 1. The Morgan fingerprint density at radius 3 is 2.90 bits per heavy atom. The van der Waals surface area contributed by atoms with Crippen LogP contribution in [0.3, 0.4) is 0 Å². The zero-order valence-electron chi connectivity index (χ0n) is 5.07. The summed E-state index contributed by atoms with van der Waals surface area (Å²) in [5.41, 5.74) is 1.58. The van der Waals surface area contributed by atoms with Crippen LogP contribution < -0.4 is 0 Å². The quantitative estimate of drug-likeness (QED) is 0.535. The Bertz CT molecular complexity index is 322. The van der Waals surface area contributed by atoms with E-state index in [-0.39, 0.29) is 0 Å². The van der Waals surface area contributed by atoms with Gasteiger partial charge >= 0.3 is 0 Å². The summed E-state index contributed by atoms with van der Waals surface area (Å²) in [6.45, 7) is 0. The minimum atomic E-state index is 0.307. The van der Waals surface area contributed by atoms with Gasteiger partial charge in [0, 0.05) is 0 Å². The summed E-state index contributed by atoms with van der Waals surface area (Å²) >= 11 is 4.74. The highest BCUT2D eigenvalue weighted by Gasteiger charge is 1.93. The van der Waals surface area contributed by atoms with Crippen LogP contribution in [0.1, 0.15) is 0 Å². The molecule has 50 valence electrons. The van der Waals surface area contributed by atoms with Gasteiger partial charge in [-0.15, -0.1) is 0 Å². The van der Waals surface area contributed by atoms with Crippen molar-refractivity contribution in [2.24, 2.45) is 0 Å². The smallest absolute Gasteiger partial charge is 0.152 e. The fourth-order valence-corrected chi connectivity index (χ4v) is 1.04. The van der Waals surface area contributed by atoms with Gasteiger partial charge in [-0.2, -0.15) is 0 Å². The number of oxazole rings is 1. The second-order valence-corrected chi connectivity index (χ2v) is 2.30. The average Bonchev–Trinajstić information content (AvgIpc) is 2.27. The van der Waals surface area contributed by atoms with Gasteiger partial charge in [-0.05, 0) is 12.1 Å². The van der Waals surface area contributed by atoms with Crippen molar-refractivity contribution in [1.29, 1.82) is 0 Å². The lowest BCUT2D eigenvalue weighted by molar-refractivity contribution is 0.491. The predicted molar refractivity (Wildman–Crippen MR) is 39.6 cm³/mol. The highest BCUT2D eigenvalue weighted by Crippen LogP contribution is 2.13. The molecule has 1 aromatic heterocycles. The van der Waals surface area contributed by atoms with Crippen LogP contribution in [0.25, 0.3) is 11.1 Å². The maximum atomic E-state index is 5.07. The third-order valence-electron chi connectivity index (χ3n) is 1.27. The van der Waals surface area contributed by atoms with Crippen LogP contribution in [0, 0.1) is 0 Å². The monoisotopic (exact) mass is 150 g/mol. The van der Waals surface area contributed by atoms with E-state index in [0.717, 1.165) is 11.1 Å². The summed E-state index contributed by atoms with van der Waals surface area (Å²) in [4.78, 5) is 3.96. The maximum Gasteiger partial charge on any atom is 0.152 e. The minimum Gasteiger partial charge on any atom is -0.721 e. The molecule has 1 heterocycles. The molecule has 0 aliphatic heterocycles. The third kappa shape index (κ3) is 0.752. The largest absolute Gasteiger partial charge is 0.721 e. The predicted octanol–water partition coefficient (Wildman–Crippen LogP) is 1.73. The van der Waals surface area contributed by atoms with Crippen molar-refractivity contribution in [2.45, 2.75) is 5.22 Å². The fraction of sp³-hybridized carbons (Fsp3) is 0. The lowest BCUT2D eigenvalue weighted by Crippen LogP contribution is -1.64. The lowest BCUT2D eigenvalue weighted by Gasteiger charge is -1.88. The first-order valence-electron chi connectivity index (χ1n) is 2.89. The van der Waals surface area contributed by atoms with Crippen molar-refractivity contribution in [2.75, 3.05) is 0 Å². The van der Waals surface area contributed by atoms with Gasteiger partial charge in [0.2, 0.25) is 0 Å². The number of hydrogen-bond donors (Lipinski definition) is 0. The number of aromatic nitrogens is 1. The molecule has 0 aliphatic carbocycles. The van der Waals surface area contributed by atoms with E-state index >= 15 is 0 Å². The third-order valence-corrected chi connectivity index (χ3v) is 1.45. The molecule has 2 rings (SSSR count). The highest BCUT2D eigenvalue weighted by molar-refractivity contribution is 7.58. The second-order valence-electron chi connectivity index (χ2n) is 1.95. The van der Waals surface area contributed by atoms with Crippen LogP contribution in [0.2, 0.25) is 0 Å². The second kappa shape index (κ2) is 1.95. The zero-order chi connectivity index (χ0) is 6.97. The molecule has 2 aromatic rings. The van der Waals surface area contributed by atoms with Gasteiger partial charge in [-0.1, -0.05) is 12.1 Å². The summed E-state index contributed by atoms with van der Waals surface area (Å²) in [5, 5.41) is 0.307. The number of para-hydroxylation sites is 2. The van der Waals surface area contributed by atoms with E-state index in [1.165, 1.54) is 0 Å². The molecular formula is C7H4NOS-. The molecule has 1 aromatic carbocycles. The molecule has 10 heavy (non-hydrogen) atoms. The van der Waals surface area contributed by atoms with Crippen LogP contribution in [0.5, 0.6) is 0 Å². The van der Waals surface area contributed by atoms with E-state index in [1.54, 1.807) is 0 Å². The molecule has 0 saturated heterocycles. The van der Waals surface area contributed by atoms with Crippen molar-refractivity contribution < 1.29 is 4.42 Å². The van der Waals surface area contributed by atoms with Crippen molar-refractivity contribution >= 4 is 23.7 Å². The molecule has 0 N–H and O–H groups in total. The fourth-order valence-electron chi connectivity index (χ4n) is 0.851. The van der Waals surface area contributed by atoms with E-state index < -0.39 is 0 Å². The van der Waals surface area contributed by atoms with Gasteiger partial charge in [0.1, 0.15) is 5.52 Å². The molecule has 0 amide bonds. The summed E-state index contributed by atoms with van der Waals surface area (Å²) in [7, 11) is 0. The van der Waals surface area contributed by atoms with E-state index in [1.807, 2.05) is 24.3 Å². The van der Waals surface area contributed by atoms with Crippen molar-refractivity contribution in [1.82, 2.24) is 4.98 Å². The molecule has 0 atom stereocenters. The Morgan fingerprint density at radius 2 is 2.10 bits per heavy atom. The Kier molecular flexibility index (Phi) is 1.11. The molecule has 0 radical (unpaired) electrons. The molecule has 0 fully saturated rings. The summed E-state index contributed by atoms with van der Waals surface area (Å²) in [5.74, 6) is 0. The highest BCUT2D eigenvalue weighted by atomic mass is 32.1. The Hall–Kier alpha value is -1.09. The van der Waals surface area contributed by atoms with Crippen LogP contribution in [0.15, 0.2) is 33.9 Å². The minimum absolute atomic E-state index is 0.307. The molecule has 0 saturated carbocycles. The summed E-state index contributed by atoms with van der Waals surface area (Å²) < 4.78 is 5.07. The Morgan fingerprint density at radius 1 is 1.30 bits per heavy atom. The van der Waals surface area contributed by atoms with Crippen LogP contribution in [-0.4, -0.2) is 4.98 Å². The number of rotatable bonds is 0. The molecule has 0 bridgehead atoms.